The van der Waals surface area contributed by atoms with Gasteiger partial charge in [0.15, 0.2) is 0 Å². The molecule has 0 saturated carbocycles. The van der Waals surface area contributed by atoms with Gasteiger partial charge < -0.3 is 4.74 Å². The molecule has 0 radical (unpaired) electrons. The Morgan fingerprint density at radius 2 is 0.861 bits per heavy atom. The highest BCUT2D eigenvalue weighted by atomic mass is 16.5. The van der Waals surface area contributed by atoms with E-state index in [0.717, 1.165) is 6.42 Å². The molecule has 0 aromatic rings. The van der Waals surface area contributed by atoms with Crippen LogP contribution >= 0.6 is 0 Å². The Kier molecular flexibility index (Phi) is 14.5. The van der Waals surface area contributed by atoms with Crippen molar-refractivity contribution in [1.82, 2.24) is 0 Å². The fourth-order valence-electron chi connectivity index (χ4n) is 3.24. The van der Waals surface area contributed by atoms with Gasteiger partial charge in [0.05, 0.1) is 6.61 Å². The number of hydrogen-bond donors (Lipinski definition) is 0. The predicted octanol–water partition coefficient (Wildman–Crippen LogP) is -3.01. The zero-order valence-corrected chi connectivity index (χ0v) is 25.6. The molecule has 0 aromatic heterocycles. The molecule has 0 aliphatic heterocycles. The van der Waals surface area contributed by atoms with Crippen LogP contribution in [0.3, 0.4) is 0 Å². The zero-order valence-electron chi connectivity index (χ0n) is 25.6. The summed E-state index contributed by atoms with van der Waals surface area (Å²) in [6.07, 6.45) is 29.4. The Balaban J connectivity index is 5.20. The van der Waals surface area contributed by atoms with E-state index >= 15 is 0 Å². The molecule has 0 heterocycles. The Labute approximate surface area is 232 Å². The second kappa shape index (κ2) is 15.1. The van der Waals surface area contributed by atoms with Gasteiger partial charge in [-0.2, -0.15) is 0 Å². The Bertz CT molecular complexity index is 866. The first-order valence-corrected chi connectivity index (χ1v) is 13.7. The summed E-state index contributed by atoms with van der Waals surface area (Å²) in [5.74, 6) is -0.134. The van der Waals surface area contributed by atoms with Gasteiger partial charge in [0.1, 0.15) is 78.5 Å². The quantitative estimate of drug-likeness (QED) is 0.144. The van der Waals surface area contributed by atoms with Crippen molar-refractivity contribution in [2.45, 2.75) is 59.2 Å². The molecule has 0 atom stereocenters. The van der Waals surface area contributed by atoms with E-state index in [4.69, 9.17) is 4.74 Å². The van der Waals surface area contributed by atoms with Crippen molar-refractivity contribution in [3.8, 4) is 0 Å². The maximum Gasteiger partial charge on any atom is 0.306 e. The highest BCUT2D eigenvalue weighted by molar-refractivity contribution is 6.47. The maximum atomic E-state index is 11.5. The molecule has 0 aliphatic rings. The number of rotatable bonds is 15. The number of hydrogen-bond acceptors (Lipinski definition) is 2. The topological polar surface area (TPSA) is 26.3 Å². The van der Waals surface area contributed by atoms with Gasteiger partial charge in [-0.15, -0.1) is 0 Å². The molecule has 0 saturated heterocycles. The van der Waals surface area contributed by atoms with Crippen LogP contribution in [0.25, 0.3) is 0 Å². The number of carbonyl (C=O) groups excluding carboxylic acids is 1. The molecule has 0 aromatic carbocycles. The lowest BCUT2D eigenvalue weighted by Gasteiger charge is -2.24. The van der Waals surface area contributed by atoms with Crippen LogP contribution in [0.15, 0.2) is 72.9 Å². The summed E-state index contributed by atoms with van der Waals surface area (Å²) < 4.78 is 4.99. The summed E-state index contributed by atoms with van der Waals surface area (Å²) in [5.41, 5.74) is 0. The van der Waals surface area contributed by atoms with Gasteiger partial charge in [0.2, 0.25) is 0 Å². The van der Waals surface area contributed by atoms with Gasteiger partial charge in [0, 0.05) is 6.42 Å². The van der Waals surface area contributed by atoms with Gasteiger partial charge >= 0.3 is 5.97 Å². The number of allylic oxidation sites excluding steroid dienone is 12. The molecular weight excluding hydrogens is 428 g/mol. The first kappa shape index (κ1) is 34.6. The third-order valence-corrected chi connectivity index (χ3v) is 5.92. The van der Waals surface area contributed by atoms with Crippen LogP contribution in [0.4, 0.5) is 0 Å². The van der Waals surface area contributed by atoms with Crippen molar-refractivity contribution in [2.75, 3.05) is 6.61 Å². The third kappa shape index (κ3) is 17.9. The first-order chi connectivity index (χ1) is 16.3. The Hall–Kier alpha value is -1.44. The van der Waals surface area contributed by atoms with E-state index in [0.29, 0.717) is 19.4 Å². The van der Waals surface area contributed by atoms with Crippen LogP contribution in [-0.4, -0.2) is 91.0 Å². The molecule has 0 unspecified atom stereocenters. The average molecular weight is 475 g/mol. The Morgan fingerprint density at radius 3 is 1.17 bits per heavy atom. The smallest absolute Gasteiger partial charge is 0.306 e. The molecule has 0 aliphatic carbocycles. The normalized spacial score (nSPS) is 14.8. The average Bonchev–Trinajstić information content (AvgIpc) is 2.76. The summed E-state index contributed by atoms with van der Waals surface area (Å²) in [5, 5.41) is -0.132. The monoisotopic (exact) mass is 476 g/mol. The molecule has 2 nitrogen and oxygen atoms in total. The van der Waals surface area contributed by atoms with Crippen molar-refractivity contribution in [3.63, 3.8) is 0 Å². The van der Waals surface area contributed by atoms with Gasteiger partial charge in [-0.05, 0) is 19.8 Å². The zero-order chi connectivity index (χ0) is 28.1. The first-order valence-electron chi connectivity index (χ1n) is 13.7. The summed E-state index contributed by atoms with van der Waals surface area (Å²) in [4.78, 5) is 11.5. The molecule has 0 fully saturated rings. The molecule has 0 spiro atoms. The van der Waals surface area contributed by atoms with Gasteiger partial charge in [0.25, 0.3) is 0 Å². The molecule has 0 N–H and O–H groups in total. The molecule has 0 amide bonds. The Morgan fingerprint density at radius 1 is 0.556 bits per heavy atom. The standard InChI is InChI=1S/C24H46B10O2/c1-3-5-9-20(25,26)11-13-22(29,30)15-17-24(33,34)18-16-23(31,32)14-12-21(27,28)10-7-6-8-19(35)36-4-2/h5,7,9-18H,3-4,6,8,25-34H2,1-2H3/b9-5-,10-7-,13-11-,14-12-,17-15-,18-16-. The van der Waals surface area contributed by atoms with Crippen molar-refractivity contribution in [1.29, 1.82) is 0 Å². The molecule has 0 bridgehead atoms. The van der Waals surface area contributed by atoms with E-state index in [-0.39, 0.29) is 32.0 Å². The molecule has 0 rings (SSSR count). The largest absolute Gasteiger partial charge is 0.466 e. The van der Waals surface area contributed by atoms with Crippen LogP contribution in [0, 0.1) is 0 Å². The number of ether oxygens (including phenoxy) is 1. The molecular formula is C24H46B10O2. The van der Waals surface area contributed by atoms with Gasteiger partial charge in [-0.25, -0.2) is 0 Å². The van der Waals surface area contributed by atoms with E-state index in [1.165, 1.54) is 0 Å². The highest BCUT2D eigenvalue weighted by Crippen LogP contribution is 2.32. The molecule has 36 heavy (non-hydrogen) atoms. The summed E-state index contributed by atoms with van der Waals surface area (Å²) in [6, 6.07) is 0. The van der Waals surface area contributed by atoms with Gasteiger partial charge in [-0.1, -0.05) is 106 Å². The van der Waals surface area contributed by atoms with E-state index in [1.54, 1.807) is 0 Å². The third-order valence-electron chi connectivity index (χ3n) is 5.92. The van der Waals surface area contributed by atoms with E-state index < -0.39 is 0 Å². The maximum absolute atomic E-state index is 11.5. The minimum Gasteiger partial charge on any atom is -0.466 e. The van der Waals surface area contributed by atoms with E-state index in [2.05, 4.69) is 158 Å². The fraction of sp³-hybridized carbons (Fsp3) is 0.458. The second-order valence-electron chi connectivity index (χ2n) is 13.0. The van der Waals surface area contributed by atoms with Crippen LogP contribution < -0.4 is 0 Å². The number of esters is 1. The van der Waals surface area contributed by atoms with Crippen LogP contribution in [-0.2, 0) is 9.53 Å². The second-order valence-corrected chi connectivity index (χ2v) is 13.0. The van der Waals surface area contributed by atoms with Crippen LogP contribution in [0.2, 0.25) is 26.1 Å². The van der Waals surface area contributed by atoms with Crippen molar-refractivity contribution < 1.29 is 9.53 Å². The van der Waals surface area contributed by atoms with Crippen molar-refractivity contribution in [2.24, 2.45) is 0 Å². The number of carbonyl (C=O) groups is 1. The highest BCUT2D eigenvalue weighted by Gasteiger charge is 2.19. The van der Waals surface area contributed by atoms with E-state index in [1.807, 2.05) is 6.92 Å². The molecule has 12 heteroatoms. The summed E-state index contributed by atoms with van der Waals surface area (Å²) >= 11 is 0. The van der Waals surface area contributed by atoms with Gasteiger partial charge in [-0.3, -0.25) is 4.79 Å². The van der Waals surface area contributed by atoms with Crippen LogP contribution in [0.1, 0.15) is 33.1 Å². The van der Waals surface area contributed by atoms with Crippen molar-refractivity contribution >= 4 is 84.4 Å². The minimum absolute atomic E-state index is 0.0124. The van der Waals surface area contributed by atoms with Crippen molar-refractivity contribution in [3.05, 3.63) is 72.9 Å². The fourth-order valence-corrected chi connectivity index (χ4v) is 3.24. The lowest BCUT2D eigenvalue weighted by molar-refractivity contribution is -0.143. The lowest BCUT2D eigenvalue weighted by atomic mass is 9.47. The predicted molar refractivity (Wildman–Crippen MR) is 190 cm³/mol. The summed E-state index contributed by atoms with van der Waals surface area (Å²) in [7, 11) is 22.4. The van der Waals surface area contributed by atoms with Crippen LogP contribution in [0.5, 0.6) is 0 Å². The lowest BCUT2D eigenvalue weighted by Crippen LogP contribution is -2.14. The SMILES string of the molecule is BC(B)(/C=C\CC)/C=C\C(B)(B)/C=C\C(B)(B)/C=C\C(B)(B)/C=C\C(B)(B)/C=C\CCC(=O)OCC. The minimum atomic E-state index is -0.134. The van der Waals surface area contributed by atoms with E-state index in [9.17, 15) is 4.79 Å². The summed E-state index contributed by atoms with van der Waals surface area (Å²) in [6.45, 7) is 4.45. The molecule has 184 valence electrons.